The SMILES string of the molecule is C=CCOC1C=c2c(Cl)cccc2=c2ccc3c(c21)CCCC=3C(=O)c1ccc([N+](=O)[O-])nc1. The fraction of sp³-hybridized carbons (Fsp3) is 0.185. The molecule has 2 aromatic carbocycles. The van der Waals surface area contributed by atoms with Crippen LogP contribution >= 0.6 is 11.6 Å². The van der Waals surface area contributed by atoms with Crippen LogP contribution in [0.2, 0.25) is 5.02 Å². The zero-order valence-electron chi connectivity index (χ0n) is 18.3. The van der Waals surface area contributed by atoms with Crippen molar-refractivity contribution in [3.8, 4) is 0 Å². The number of benzene rings is 2. The Hall–Kier alpha value is -3.61. The average molecular weight is 473 g/mol. The zero-order chi connectivity index (χ0) is 23.8. The molecule has 0 fully saturated rings. The molecule has 2 aliphatic carbocycles. The number of nitrogens with zero attached hydrogens (tertiary/aromatic N) is 2. The molecule has 0 saturated carbocycles. The van der Waals surface area contributed by atoms with Gasteiger partial charge in [-0.2, -0.15) is 0 Å². The molecule has 0 radical (unpaired) electrons. The maximum Gasteiger partial charge on any atom is 0.363 e. The molecule has 0 amide bonds. The molecule has 1 atom stereocenters. The minimum absolute atomic E-state index is 0.157. The monoisotopic (exact) mass is 472 g/mol. The number of rotatable bonds is 6. The van der Waals surface area contributed by atoms with Gasteiger partial charge in [-0.1, -0.05) is 41.9 Å². The molecule has 1 aromatic heterocycles. The zero-order valence-corrected chi connectivity index (χ0v) is 19.0. The summed E-state index contributed by atoms with van der Waals surface area (Å²) in [5, 5.41) is 15.5. The van der Waals surface area contributed by atoms with Gasteiger partial charge in [0.1, 0.15) is 6.10 Å². The van der Waals surface area contributed by atoms with Crippen LogP contribution in [0.3, 0.4) is 0 Å². The normalized spacial score (nSPS) is 16.0. The molecule has 0 bridgehead atoms. The van der Waals surface area contributed by atoms with Crippen molar-refractivity contribution in [1.82, 2.24) is 4.98 Å². The van der Waals surface area contributed by atoms with Crippen LogP contribution in [-0.4, -0.2) is 22.3 Å². The van der Waals surface area contributed by atoms with Gasteiger partial charge in [-0.05, 0) is 79.4 Å². The molecule has 6 nitrogen and oxygen atoms in total. The van der Waals surface area contributed by atoms with Gasteiger partial charge >= 0.3 is 5.82 Å². The molecular weight excluding hydrogens is 452 g/mol. The third-order valence-electron chi connectivity index (χ3n) is 6.35. The molecule has 34 heavy (non-hydrogen) atoms. The van der Waals surface area contributed by atoms with E-state index in [9.17, 15) is 14.9 Å². The van der Waals surface area contributed by atoms with E-state index in [1.165, 1.54) is 18.3 Å². The standard InChI is InChI=1S/C27H21ClN2O4/c1-2-13-34-24-14-22-17(5-4-8-23(22)28)20-11-10-18-19(26(20)24)6-3-7-21(18)27(31)16-9-12-25(29-15-16)30(32)33/h2,4-5,8-12,14-15,24H,1,3,6-7,13H2. The highest BCUT2D eigenvalue weighted by Gasteiger charge is 2.25. The first kappa shape index (κ1) is 22.2. The Balaban J connectivity index is 1.75. The molecule has 7 heteroatoms. The molecule has 3 aromatic rings. The molecule has 0 spiro atoms. The first-order chi connectivity index (χ1) is 16.5. The van der Waals surface area contributed by atoms with E-state index in [1.54, 1.807) is 6.08 Å². The number of pyridine rings is 1. The fourth-order valence-corrected chi connectivity index (χ4v) is 5.11. The lowest BCUT2D eigenvalue weighted by Gasteiger charge is -2.25. The van der Waals surface area contributed by atoms with E-state index in [4.69, 9.17) is 16.3 Å². The van der Waals surface area contributed by atoms with Crippen molar-refractivity contribution in [2.24, 2.45) is 0 Å². The van der Waals surface area contributed by atoms with Crippen LogP contribution in [0.5, 0.6) is 0 Å². The van der Waals surface area contributed by atoms with E-state index in [2.05, 4.69) is 11.6 Å². The Morgan fingerprint density at radius 1 is 1.18 bits per heavy atom. The number of aromatic nitrogens is 1. The summed E-state index contributed by atoms with van der Waals surface area (Å²) in [5.41, 5.74) is 3.19. The number of ketones is 1. The number of nitro groups is 1. The van der Waals surface area contributed by atoms with E-state index in [0.717, 1.165) is 44.8 Å². The van der Waals surface area contributed by atoms with Gasteiger partial charge in [0.2, 0.25) is 0 Å². The quantitative estimate of drug-likeness (QED) is 0.231. The van der Waals surface area contributed by atoms with E-state index < -0.39 is 4.92 Å². The predicted molar refractivity (Wildman–Crippen MR) is 130 cm³/mol. The summed E-state index contributed by atoms with van der Waals surface area (Å²) in [6.45, 7) is 4.16. The van der Waals surface area contributed by atoms with Crippen molar-refractivity contribution in [3.63, 3.8) is 0 Å². The van der Waals surface area contributed by atoms with Gasteiger partial charge < -0.3 is 14.9 Å². The molecular formula is C27H21ClN2O4. The van der Waals surface area contributed by atoms with Crippen LogP contribution in [0.1, 0.15) is 40.4 Å². The van der Waals surface area contributed by atoms with E-state index >= 15 is 0 Å². The lowest BCUT2D eigenvalue weighted by atomic mass is 9.83. The molecule has 0 saturated heterocycles. The highest BCUT2D eigenvalue weighted by atomic mass is 35.5. The minimum Gasteiger partial charge on any atom is -0.365 e. The second kappa shape index (κ2) is 8.97. The van der Waals surface area contributed by atoms with Crippen molar-refractivity contribution in [2.45, 2.75) is 25.4 Å². The van der Waals surface area contributed by atoms with Crippen LogP contribution < -0.4 is 10.4 Å². The summed E-state index contributed by atoms with van der Waals surface area (Å²) in [7, 11) is 0. The van der Waals surface area contributed by atoms with Crippen LogP contribution in [0.25, 0.3) is 11.6 Å². The fourth-order valence-electron chi connectivity index (χ4n) is 4.87. The Kier molecular flexibility index (Phi) is 5.86. The molecule has 5 rings (SSSR count). The summed E-state index contributed by atoms with van der Waals surface area (Å²) >= 11 is 6.51. The number of ether oxygens (including phenoxy) is 1. The third kappa shape index (κ3) is 3.75. The topological polar surface area (TPSA) is 82.3 Å². The number of carbonyl (C=O) groups excluding carboxylic acids is 1. The number of carbonyl (C=O) groups is 1. The van der Waals surface area contributed by atoms with Crippen LogP contribution in [-0.2, 0) is 11.2 Å². The van der Waals surface area contributed by atoms with Crippen LogP contribution in [0.4, 0.5) is 5.82 Å². The maximum absolute atomic E-state index is 13.4. The number of fused-ring (bicyclic) bond motifs is 4. The number of Topliss-reactive ketones (excluding diaryl/α,β-unsaturated/α-hetero) is 1. The van der Waals surface area contributed by atoms with Crippen molar-refractivity contribution in [2.75, 3.05) is 6.61 Å². The predicted octanol–water partition coefficient (Wildman–Crippen LogP) is 4.34. The first-order valence-electron chi connectivity index (χ1n) is 11.0. The van der Waals surface area contributed by atoms with E-state index in [1.807, 2.05) is 36.4 Å². The van der Waals surface area contributed by atoms with Crippen molar-refractivity contribution in [1.29, 1.82) is 0 Å². The van der Waals surface area contributed by atoms with Crippen molar-refractivity contribution < 1.29 is 14.5 Å². The third-order valence-corrected chi connectivity index (χ3v) is 6.68. The molecule has 1 unspecified atom stereocenters. The Morgan fingerprint density at radius 2 is 2.00 bits per heavy atom. The maximum atomic E-state index is 13.4. The first-order valence-corrected chi connectivity index (χ1v) is 11.4. The minimum atomic E-state index is -0.576. The van der Waals surface area contributed by atoms with Gasteiger partial charge in [-0.15, -0.1) is 6.58 Å². The summed E-state index contributed by atoms with van der Waals surface area (Å²) < 4.78 is 6.15. The lowest BCUT2D eigenvalue weighted by Crippen LogP contribution is -2.28. The molecule has 2 aliphatic rings. The van der Waals surface area contributed by atoms with Crippen molar-refractivity contribution in [3.05, 3.63) is 114 Å². The van der Waals surface area contributed by atoms with Gasteiger partial charge in [0.15, 0.2) is 12.0 Å². The second-order valence-corrected chi connectivity index (χ2v) is 8.69. The van der Waals surface area contributed by atoms with E-state index in [-0.39, 0.29) is 17.7 Å². The molecule has 0 N–H and O–H groups in total. The Labute approximate surface area is 200 Å². The van der Waals surface area contributed by atoms with E-state index in [0.29, 0.717) is 29.2 Å². The lowest BCUT2D eigenvalue weighted by molar-refractivity contribution is -0.389. The van der Waals surface area contributed by atoms with Gasteiger partial charge in [-0.25, -0.2) is 0 Å². The second-order valence-electron chi connectivity index (χ2n) is 8.29. The van der Waals surface area contributed by atoms with Crippen LogP contribution in [0, 0.1) is 20.6 Å². The summed E-state index contributed by atoms with van der Waals surface area (Å²) in [5.74, 6) is -0.440. The van der Waals surface area contributed by atoms with Crippen LogP contribution in [0.15, 0.2) is 61.3 Å². The summed E-state index contributed by atoms with van der Waals surface area (Å²) in [6.07, 6.45) is 7.00. The summed E-state index contributed by atoms with van der Waals surface area (Å²) in [4.78, 5) is 27.6. The molecule has 170 valence electrons. The largest absolute Gasteiger partial charge is 0.365 e. The Bertz CT molecular complexity index is 1560. The number of hydrogen-bond donors (Lipinski definition) is 0. The smallest absolute Gasteiger partial charge is 0.363 e. The number of hydrogen-bond acceptors (Lipinski definition) is 5. The van der Waals surface area contributed by atoms with Gasteiger partial charge in [0, 0.05) is 16.7 Å². The Morgan fingerprint density at radius 3 is 2.74 bits per heavy atom. The van der Waals surface area contributed by atoms with Gasteiger partial charge in [0.05, 0.1) is 12.2 Å². The van der Waals surface area contributed by atoms with Crippen molar-refractivity contribution >= 4 is 34.9 Å². The molecule has 0 aliphatic heterocycles. The van der Waals surface area contributed by atoms with Gasteiger partial charge in [-0.3, -0.25) is 4.79 Å². The average Bonchev–Trinajstić information content (AvgIpc) is 2.86. The highest BCUT2D eigenvalue weighted by Crippen LogP contribution is 2.30. The summed E-state index contributed by atoms with van der Waals surface area (Å²) in [6, 6.07) is 12.6. The van der Waals surface area contributed by atoms with Gasteiger partial charge in [0.25, 0.3) is 0 Å². The highest BCUT2D eigenvalue weighted by molar-refractivity contribution is 6.30. The number of halogens is 1. The molecule has 1 heterocycles.